The van der Waals surface area contributed by atoms with E-state index in [1.807, 2.05) is 13.8 Å². The van der Waals surface area contributed by atoms with Gasteiger partial charge in [0.1, 0.15) is 6.67 Å². The van der Waals surface area contributed by atoms with Gasteiger partial charge in [-0.15, -0.1) is 0 Å². The molecule has 0 aromatic carbocycles. The molecule has 2 heterocycles. The maximum atomic E-state index is 12.5. The van der Waals surface area contributed by atoms with Gasteiger partial charge in [-0.1, -0.05) is 0 Å². The predicted octanol–water partition coefficient (Wildman–Crippen LogP) is 1.16. The Morgan fingerprint density at radius 2 is 2.14 bits per heavy atom. The summed E-state index contributed by atoms with van der Waals surface area (Å²) in [6.45, 7) is 2.73. The van der Waals surface area contributed by atoms with E-state index in [4.69, 9.17) is 5.11 Å². The highest BCUT2D eigenvalue weighted by Crippen LogP contribution is 2.16. The number of rotatable bonds is 5. The number of amides is 1. The van der Waals surface area contributed by atoms with Gasteiger partial charge in [-0.2, -0.15) is 5.10 Å². The van der Waals surface area contributed by atoms with Crippen molar-refractivity contribution in [2.45, 2.75) is 25.9 Å². The molecule has 2 aromatic heterocycles. The van der Waals surface area contributed by atoms with Gasteiger partial charge in [0.2, 0.25) is 0 Å². The van der Waals surface area contributed by atoms with Gasteiger partial charge >= 0.3 is 5.97 Å². The molecular weight excluding hydrogens is 279 g/mol. The van der Waals surface area contributed by atoms with E-state index < -0.39 is 24.6 Å². The first-order valence-electron chi connectivity index (χ1n) is 6.37. The van der Waals surface area contributed by atoms with E-state index in [1.165, 1.54) is 6.20 Å². The van der Waals surface area contributed by atoms with Crippen molar-refractivity contribution in [2.75, 3.05) is 6.67 Å². The van der Waals surface area contributed by atoms with E-state index in [2.05, 4.69) is 15.4 Å². The fourth-order valence-electron chi connectivity index (χ4n) is 1.85. The second-order valence-corrected chi connectivity index (χ2v) is 4.84. The van der Waals surface area contributed by atoms with Crippen molar-refractivity contribution >= 4 is 22.9 Å². The molecule has 0 saturated carbocycles. The van der Waals surface area contributed by atoms with Crippen LogP contribution < -0.4 is 5.32 Å². The van der Waals surface area contributed by atoms with Gasteiger partial charge in [-0.25, -0.2) is 18.9 Å². The summed E-state index contributed by atoms with van der Waals surface area (Å²) in [6, 6.07) is 0.102. The maximum absolute atomic E-state index is 12.5. The van der Waals surface area contributed by atoms with Crippen LogP contribution in [0.3, 0.4) is 0 Å². The third kappa shape index (κ3) is 2.99. The van der Waals surface area contributed by atoms with Crippen molar-refractivity contribution in [2.24, 2.45) is 0 Å². The Hall–Kier alpha value is -2.51. The van der Waals surface area contributed by atoms with Gasteiger partial charge in [0.15, 0.2) is 11.7 Å². The number of aromatic nitrogens is 3. The molecule has 2 rings (SSSR count). The van der Waals surface area contributed by atoms with E-state index in [-0.39, 0.29) is 11.6 Å². The Bertz CT molecular complexity index is 683. The third-order valence-electron chi connectivity index (χ3n) is 2.94. The van der Waals surface area contributed by atoms with Crippen molar-refractivity contribution in [1.29, 1.82) is 0 Å². The smallest absolute Gasteiger partial charge is 0.328 e. The molecule has 112 valence electrons. The highest BCUT2D eigenvalue weighted by molar-refractivity contribution is 5.98. The van der Waals surface area contributed by atoms with Gasteiger partial charge in [0.25, 0.3) is 5.91 Å². The number of carbonyl (C=O) groups is 2. The number of carboxylic acid groups (broad SMARTS) is 1. The number of halogens is 1. The summed E-state index contributed by atoms with van der Waals surface area (Å²) in [5, 5.41) is 15.6. The molecular formula is C13H15FN4O3. The van der Waals surface area contributed by atoms with Crippen LogP contribution in [0.15, 0.2) is 18.5 Å². The molecule has 0 aliphatic carbocycles. The molecule has 0 aliphatic heterocycles. The zero-order chi connectivity index (χ0) is 15.6. The summed E-state index contributed by atoms with van der Waals surface area (Å²) in [5.41, 5.74) is 0.785. The lowest BCUT2D eigenvalue weighted by Crippen LogP contribution is -2.42. The van der Waals surface area contributed by atoms with Gasteiger partial charge in [-0.05, 0) is 19.9 Å². The van der Waals surface area contributed by atoms with Crippen LogP contribution in [-0.4, -0.2) is 44.5 Å². The van der Waals surface area contributed by atoms with Gasteiger partial charge in [-0.3, -0.25) is 4.79 Å². The molecule has 1 atom stereocenters. The van der Waals surface area contributed by atoms with Crippen LogP contribution in [-0.2, 0) is 4.79 Å². The highest BCUT2D eigenvalue weighted by Gasteiger charge is 2.21. The number of hydrogen-bond acceptors (Lipinski definition) is 4. The number of hydrogen-bond donors (Lipinski definition) is 2. The molecule has 0 spiro atoms. The summed E-state index contributed by atoms with van der Waals surface area (Å²) in [6.07, 6.45) is 2.89. The number of fused-ring (bicyclic) bond motifs is 1. The van der Waals surface area contributed by atoms with Crippen molar-refractivity contribution in [3.05, 3.63) is 24.0 Å². The highest BCUT2D eigenvalue weighted by atomic mass is 19.1. The molecule has 1 amide bonds. The van der Waals surface area contributed by atoms with Crippen LogP contribution in [0.2, 0.25) is 0 Å². The van der Waals surface area contributed by atoms with Gasteiger partial charge in [0.05, 0.1) is 11.8 Å². The number of aliphatic carboxylic acids is 1. The van der Waals surface area contributed by atoms with Crippen molar-refractivity contribution in [3.63, 3.8) is 0 Å². The van der Waals surface area contributed by atoms with Crippen LogP contribution in [0.25, 0.3) is 11.0 Å². The number of nitrogens with zero attached hydrogens (tertiary/aromatic N) is 3. The number of pyridine rings is 1. The van der Waals surface area contributed by atoms with Crippen LogP contribution in [0.5, 0.6) is 0 Å². The number of carbonyl (C=O) groups excluding carboxylic acids is 1. The zero-order valence-corrected chi connectivity index (χ0v) is 11.6. The average molecular weight is 294 g/mol. The van der Waals surface area contributed by atoms with Crippen LogP contribution in [0.1, 0.15) is 30.2 Å². The minimum atomic E-state index is -1.56. The largest absolute Gasteiger partial charge is 0.480 e. The molecule has 2 aromatic rings. The summed E-state index contributed by atoms with van der Waals surface area (Å²) >= 11 is 0. The summed E-state index contributed by atoms with van der Waals surface area (Å²) in [5.74, 6) is -2.11. The van der Waals surface area contributed by atoms with E-state index in [9.17, 15) is 14.0 Å². The molecule has 0 radical (unpaired) electrons. The molecule has 21 heavy (non-hydrogen) atoms. The lowest BCUT2D eigenvalue weighted by Gasteiger charge is -2.11. The van der Waals surface area contributed by atoms with Crippen LogP contribution in [0, 0.1) is 0 Å². The Morgan fingerprint density at radius 1 is 1.43 bits per heavy atom. The quantitative estimate of drug-likeness (QED) is 0.862. The fourth-order valence-corrected chi connectivity index (χ4v) is 1.85. The molecule has 0 saturated heterocycles. The number of alkyl halides is 1. The Morgan fingerprint density at radius 3 is 2.71 bits per heavy atom. The Labute approximate surface area is 119 Å². The predicted molar refractivity (Wildman–Crippen MR) is 72.8 cm³/mol. The Kier molecular flexibility index (Phi) is 4.15. The first kappa shape index (κ1) is 14.9. The summed E-state index contributed by atoms with van der Waals surface area (Å²) < 4.78 is 14.2. The third-order valence-corrected chi connectivity index (χ3v) is 2.94. The zero-order valence-electron chi connectivity index (χ0n) is 11.6. The maximum Gasteiger partial charge on any atom is 0.328 e. The minimum Gasteiger partial charge on any atom is -0.480 e. The standard InChI is InChI=1S/C13H15FN4O3/c1-7(2)18-11-8(6-16-18)3-9(5-15-11)12(19)17-10(4-14)13(20)21/h3,5-7,10H,4H2,1-2H3,(H,17,19)(H,20,21). The Balaban J connectivity index is 2.27. The van der Waals surface area contributed by atoms with Crippen molar-refractivity contribution in [3.8, 4) is 0 Å². The first-order chi connectivity index (χ1) is 9.93. The van der Waals surface area contributed by atoms with Crippen molar-refractivity contribution in [1.82, 2.24) is 20.1 Å². The molecule has 0 fully saturated rings. The van der Waals surface area contributed by atoms with E-state index in [0.717, 1.165) is 0 Å². The van der Waals surface area contributed by atoms with Crippen LogP contribution in [0.4, 0.5) is 4.39 Å². The summed E-state index contributed by atoms with van der Waals surface area (Å²) in [7, 11) is 0. The molecule has 0 bridgehead atoms. The minimum absolute atomic E-state index is 0.123. The van der Waals surface area contributed by atoms with Crippen molar-refractivity contribution < 1.29 is 19.1 Å². The van der Waals surface area contributed by atoms with Gasteiger partial charge < -0.3 is 10.4 Å². The molecule has 0 aliphatic rings. The summed E-state index contributed by atoms with van der Waals surface area (Å²) in [4.78, 5) is 26.8. The average Bonchev–Trinajstić information content (AvgIpc) is 2.87. The monoisotopic (exact) mass is 294 g/mol. The fraction of sp³-hybridized carbons (Fsp3) is 0.385. The number of nitrogens with one attached hydrogen (secondary N) is 1. The van der Waals surface area contributed by atoms with E-state index >= 15 is 0 Å². The van der Waals surface area contributed by atoms with E-state index in [1.54, 1.807) is 16.9 Å². The SMILES string of the molecule is CC(C)n1ncc2cc(C(=O)NC(CF)C(=O)O)cnc21. The number of carboxylic acids is 1. The molecule has 2 N–H and O–H groups in total. The second-order valence-electron chi connectivity index (χ2n) is 4.84. The second kappa shape index (κ2) is 5.86. The molecule has 7 nitrogen and oxygen atoms in total. The first-order valence-corrected chi connectivity index (χ1v) is 6.37. The normalized spacial score (nSPS) is 12.6. The lowest BCUT2D eigenvalue weighted by atomic mass is 10.2. The lowest BCUT2D eigenvalue weighted by molar-refractivity contribution is -0.139. The van der Waals surface area contributed by atoms with Crippen LogP contribution >= 0.6 is 0 Å². The van der Waals surface area contributed by atoms with E-state index in [0.29, 0.717) is 11.0 Å². The topological polar surface area (TPSA) is 97.1 Å². The molecule has 1 unspecified atom stereocenters. The molecule has 8 heteroatoms. The van der Waals surface area contributed by atoms with Gasteiger partial charge in [0, 0.05) is 17.6 Å².